The van der Waals surface area contributed by atoms with E-state index < -0.39 is 0 Å². The lowest BCUT2D eigenvalue weighted by atomic mass is 10.1. The number of ketones is 1. The van der Waals surface area contributed by atoms with E-state index in [9.17, 15) is 4.79 Å². The lowest BCUT2D eigenvalue weighted by molar-refractivity contribution is 0.0996. The molecule has 1 rings (SSSR count). The summed E-state index contributed by atoms with van der Waals surface area (Å²) >= 11 is 6.65. The first-order valence-corrected chi connectivity index (χ1v) is 5.67. The fourth-order valence-corrected chi connectivity index (χ4v) is 1.62. The first kappa shape index (κ1) is 10.9. The van der Waals surface area contributed by atoms with Gasteiger partial charge in [0.2, 0.25) is 0 Å². The fraction of sp³-hybridized carbons (Fsp3) is 0.300. The van der Waals surface area contributed by atoms with E-state index in [1.807, 2.05) is 32.0 Å². The summed E-state index contributed by atoms with van der Waals surface area (Å²) in [4.78, 5) is 11.4. The van der Waals surface area contributed by atoms with Crippen molar-refractivity contribution in [3.63, 3.8) is 0 Å². The van der Waals surface area contributed by atoms with Crippen LogP contribution in [-0.2, 0) is 0 Å². The van der Waals surface area contributed by atoms with Crippen molar-refractivity contribution < 1.29 is 4.79 Å². The molecule has 0 heterocycles. The number of hydrogen-bond donors (Lipinski definition) is 0. The maximum Gasteiger partial charge on any atom is 0.176 e. The van der Waals surface area contributed by atoms with E-state index in [0.29, 0.717) is 0 Å². The Hall–Kier alpha value is -0.150. The van der Waals surface area contributed by atoms with Crippen LogP contribution in [0.2, 0.25) is 0 Å². The second-order valence-corrected chi connectivity index (χ2v) is 5.17. The minimum atomic E-state index is -0.123. The molecule has 3 heteroatoms. The molecule has 0 fully saturated rings. The van der Waals surface area contributed by atoms with Crippen LogP contribution < -0.4 is 0 Å². The Morgan fingerprint density at radius 1 is 1.46 bits per heavy atom. The van der Waals surface area contributed by atoms with Crippen LogP contribution in [0.1, 0.15) is 22.8 Å². The van der Waals surface area contributed by atoms with E-state index in [1.54, 1.807) is 0 Å². The molecule has 0 bridgehead atoms. The van der Waals surface area contributed by atoms with Gasteiger partial charge < -0.3 is 0 Å². The Morgan fingerprint density at radius 3 is 2.54 bits per heavy atom. The van der Waals surface area contributed by atoms with Gasteiger partial charge in [-0.1, -0.05) is 44.0 Å². The van der Waals surface area contributed by atoms with Crippen molar-refractivity contribution in [2.75, 3.05) is 0 Å². The predicted molar refractivity (Wildman–Crippen MR) is 61.6 cm³/mol. The highest BCUT2D eigenvalue weighted by Crippen LogP contribution is 2.19. The van der Waals surface area contributed by atoms with Crippen LogP contribution in [-0.4, -0.2) is 10.6 Å². The topological polar surface area (TPSA) is 17.1 Å². The Morgan fingerprint density at radius 2 is 2.08 bits per heavy atom. The molecule has 0 radical (unpaired) electrons. The number of hydrogen-bond acceptors (Lipinski definition) is 1. The molecule has 1 aromatic carbocycles. The van der Waals surface area contributed by atoms with E-state index in [0.717, 1.165) is 15.6 Å². The smallest absolute Gasteiger partial charge is 0.176 e. The van der Waals surface area contributed by atoms with Crippen LogP contribution in [0, 0.1) is 6.92 Å². The number of benzene rings is 1. The van der Waals surface area contributed by atoms with Crippen LogP contribution in [0.25, 0.3) is 0 Å². The quantitative estimate of drug-likeness (QED) is 0.601. The summed E-state index contributed by atoms with van der Waals surface area (Å²) in [7, 11) is 0. The summed E-state index contributed by atoms with van der Waals surface area (Å²) in [6.45, 7) is 3.83. The lowest BCUT2D eigenvalue weighted by Crippen LogP contribution is -2.09. The summed E-state index contributed by atoms with van der Waals surface area (Å²) < 4.78 is 0.978. The zero-order valence-electron chi connectivity index (χ0n) is 7.47. The third kappa shape index (κ3) is 2.64. The maximum atomic E-state index is 11.5. The summed E-state index contributed by atoms with van der Waals surface area (Å²) in [5.41, 5.74) is 1.88. The van der Waals surface area contributed by atoms with Gasteiger partial charge in [0.05, 0.1) is 4.83 Å². The van der Waals surface area contributed by atoms with Gasteiger partial charge in [-0.2, -0.15) is 0 Å². The minimum Gasteiger partial charge on any atom is -0.293 e. The van der Waals surface area contributed by atoms with Gasteiger partial charge in [0.15, 0.2) is 5.78 Å². The van der Waals surface area contributed by atoms with Gasteiger partial charge in [-0.15, -0.1) is 0 Å². The molecule has 0 saturated heterocycles. The molecule has 1 aromatic rings. The van der Waals surface area contributed by atoms with Crippen molar-refractivity contribution in [1.29, 1.82) is 0 Å². The minimum absolute atomic E-state index is 0.112. The second-order valence-electron chi connectivity index (χ2n) is 2.94. The molecule has 0 amide bonds. The third-order valence-corrected chi connectivity index (χ3v) is 3.09. The lowest BCUT2D eigenvalue weighted by Gasteiger charge is -2.04. The molecular formula is C10H10Br2O. The number of aryl methyl sites for hydroxylation is 1. The molecule has 0 aliphatic heterocycles. The molecule has 0 aromatic heterocycles. The molecule has 13 heavy (non-hydrogen) atoms. The first-order chi connectivity index (χ1) is 6.02. The van der Waals surface area contributed by atoms with E-state index in [-0.39, 0.29) is 10.6 Å². The van der Waals surface area contributed by atoms with Gasteiger partial charge in [-0.3, -0.25) is 4.79 Å². The van der Waals surface area contributed by atoms with Crippen LogP contribution >= 0.6 is 31.9 Å². The number of carbonyl (C=O) groups is 1. The average molecular weight is 306 g/mol. The zero-order valence-corrected chi connectivity index (χ0v) is 10.6. The predicted octanol–water partition coefficient (Wildman–Crippen LogP) is 3.72. The average Bonchev–Trinajstić information content (AvgIpc) is 2.08. The molecule has 70 valence electrons. The molecule has 1 atom stereocenters. The summed E-state index contributed by atoms with van der Waals surface area (Å²) in [6, 6.07) is 5.64. The highest BCUT2D eigenvalue weighted by Gasteiger charge is 2.12. The first-order valence-electron chi connectivity index (χ1n) is 3.97. The molecule has 0 saturated carbocycles. The zero-order chi connectivity index (χ0) is 10.0. The molecule has 0 aliphatic rings. The number of Topliss-reactive ketones (excluding diaryl/α,β-unsaturated/α-hetero) is 1. The van der Waals surface area contributed by atoms with E-state index in [4.69, 9.17) is 0 Å². The molecular weight excluding hydrogens is 296 g/mol. The normalized spacial score (nSPS) is 12.6. The largest absolute Gasteiger partial charge is 0.293 e. The highest BCUT2D eigenvalue weighted by atomic mass is 79.9. The van der Waals surface area contributed by atoms with Crippen LogP contribution in [0.3, 0.4) is 0 Å². The van der Waals surface area contributed by atoms with Crippen molar-refractivity contribution in [1.82, 2.24) is 0 Å². The Bertz CT molecular complexity index is 332. The summed E-state index contributed by atoms with van der Waals surface area (Å²) in [5.74, 6) is 0.112. The monoisotopic (exact) mass is 304 g/mol. The van der Waals surface area contributed by atoms with Crippen LogP contribution in [0.4, 0.5) is 0 Å². The maximum absolute atomic E-state index is 11.5. The van der Waals surface area contributed by atoms with Gasteiger partial charge in [0.25, 0.3) is 0 Å². The molecule has 0 spiro atoms. The van der Waals surface area contributed by atoms with E-state index >= 15 is 0 Å². The summed E-state index contributed by atoms with van der Waals surface area (Å²) in [5, 5.41) is 0. The number of halogens is 2. The highest BCUT2D eigenvalue weighted by molar-refractivity contribution is 9.10. The Balaban J connectivity index is 3.04. The second kappa shape index (κ2) is 4.38. The Kier molecular flexibility index (Phi) is 3.68. The molecule has 1 unspecified atom stereocenters. The van der Waals surface area contributed by atoms with Crippen molar-refractivity contribution >= 4 is 37.6 Å². The van der Waals surface area contributed by atoms with E-state index in [2.05, 4.69) is 31.9 Å². The van der Waals surface area contributed by atoms with Crippen molar-refractivity contribution in [3.8, 4) is 0 Å². The van der Waals surface area contributed by atoms with Gasteiger partial charge in [0.1, 0.15) is 0 Å². The standard InChI is InChI=1S/C10H10Br2O/c1-6-3-4-8(5-9(6)12)10(13)7(2)11/h3-5,7H,1-2H3. The van der Waals surface area contributed by atoms with Gasteiger partial charge in [0, 0.05) is 10.0 Å². The molecule has 0 N–H and O–H groups in total. The van der Waals surface area contributed by atoms with Crippen LogP contribution in [0.5, 0.6) is 0 Å². The number of alkyl halides is 1. The van der Waals surface area contributed by atoms with E-state index in [1.165, 1.54) is 0 Å². The fourth-order valence-electron chi connectivity index (χ4n) is 0.976. The number of carbonyl (C=O) groups excluding carboxylic acids is 1. The van der Waals surface area contributed by atoms with Crippen molar-refractivity contribution in [2.24, 2.45) is 0 Å². The van der Waals surface area contributed by atoms with Crippen LogP contribution in [0.15, 0.2) is 22.7 Å². The molecule has 1 nitrogen and oxygen atoms in total. The Labute approximate surface area is 94.8 Å². The van der Waals surface area contributed by atoms with Gasteiger partial charge in [-0.05, 0) is 25.5 Å². The SMILES string of the molecule is Cc1ccc(C(=O)C(C)Br)cc1Br. The number of rotatable bonds is 2. The molecule has 0 aliphatic carbocycles. The summed E-state index contributed by atoms with van der Waals surface area (Å²) in [6.07, 6.45) is 0. The van der Waals surface area contributed by atoms with Crippen molar-refractivity contribution in [3.05, 3.63) is 33.8 Å². The third-order valence-electron chi connectivity index (χ3n) is 1.82. The van der Waals surface area contributed by atoms with Gasteiger partial charge in [-0.25, -0.2) is 0 Å². The van der Waals surface area contributed by atoms with Crippen molar-refractivity contribution in [2.45, 2.75) is 18.7 Å². The van der Waals surface area contributed by atoms with Gasteiger partial charge >= 0.3 is 0 Å².